The van der Waals surface area contributed by atoms with E-state index in [9.17, 15) is 9.59 Å². The number of hydrogen-bond donors (Lipinski definition) is 1. The second kappa shape index (κ2) is 13.5. The van der Waals surface area contributed by atoms with E-state index in [1.807, 2.05) is 17.5 Å². The van der Waals surface area contributed by atoms with Crippen molar-refractivity contribution in [3.63, 3.8) is 0 Å². The van der Waals surface area contributed by atoms with E-state index < -0.39 is 5.97 Å². The van der Waals surface area contributed by atoms with E-state index in [1.165, 1.54) is 49.9 Å². The Morgan fingerprint density at radius 3 is 2.23 bits per heavy atom. The van der Waals surface area contributed by atoms with E-state index in [-0.39, 0.29) is 12.5 Å². The second-order valence-corrected chi connectivity index (χ2v) is 8.67. The van der Waals surface area contributed by atoms with Crippen LogP contribution in [0.15, 0.2) is 29.6 Å². The van der Waals surface area contributed by atoms with Gasteiger partial charge in [-0.3, -0.25) is 4.79 Å². The van der Waals surface area contributed by atoms with Crippen LogP contribution < -0.4 is 5.32 Å². The number of carbonyl (C=O) groups is 2. The Morgan fingerprint density at radius 1 is 0.967 bits per heavy atom. The predicted octanol–water partition coefficient (Wildman–Crippen LogP) is 7.71. The molecule has 1 aromatic carbocycles. The lowest BCUT2D eigenvalue weighted by molar-refractivity contribution is -0.116. The van der Waals surface area contributed by atoms with Crippen molar-refractivity contribution in [3.8, 4) is 11.1 Å². The largest absolute Gasteiger partial charge is 0.462 e. The number of unbranched alkanes of at least 4 members (excludes halogenated alkanes) is 7. The number of carbonyl (C=O) groups excluding carboxylic acids is 2. The summed E-state index contributed by atoms with van der Waals surface area (Å²) in [4.78, 5) is 25.0. The molecule has 0 fully saturated rings. The summed E-state index contributed by atoms with van der Waals surface area (Å²) < 4.78 is 5.24. The fraction of sp³-hybridized carbons (Fsp3) is 0.500. The molecule has 0 aliphatic carbocycles. The van der Waals surface area contributed by atoms with Crippen LogP contribution in [-0.4, -0.2) is 18.5 Å². The first-order valence-corrected chi connectivity index (χ1v) is 12.2. The number of hydrogen-bond acceptors (Lipinski definition) is 4. The Bertz CT molecular complexity index is 801. The van der Waals surface area contributed by atoms with Crippen LogP contribution in [0.5, 0.6) is 0 Å². The lowest BCUT2D eigenvalue weighted by Crippen LogP contribution is -2.14. The van der Waals surface area contributed by atoms with Crippen LogP contribution in [0.3, 0.4) is 0 Å². The molecule has 164 valence electrons. The zero-order valence-electron chi connectivity index (χ0n) is 18.0. The zero-order chi connectivity index (χ0) is 21.8. The van der Waals surface area contributed by atoms with Crippen LogP contribution in [0, 0.1) is 0 Å². The topological polar surface area (TPSA) is 55.4 Å². The molecule has 0 bridgehead atoms. The predicted molar refractivity (Wildman–Crippen MR) is 127 cm³/mol. The van der Waals surface area contributed by atoms with Gasteiger partial charge in [0.15, 0.2) is 0 Å². The molecule has 0 radical (unpaired) electrons. The smallest absolute Gasteiger partial charge is 0.341 e. The van der Waals surface area contributed by atoms with Gasteiger partial charge in [-0.05, 0) is 31.0 Å². The van der Waals surface area contributed by atoms with Gasteiger partial charge in [0.2, 0.25) is 5.91 Å². The van der Waals surface area contributed by atoms with E-state index in [2.05, 4.69) is 12.2 Å². The number of benzene rings is 1. The molecule has 0 aliphatic heterocycles. The monoisotopic (exact) mass is 449 g/mol. The Labute approximate surface area is 189 Å². The number of anilines is 1. The lowest BCUT2D eigenvalue weighted by Gasteiger charge is -2.09. The molecule has 1 heterocycles. The molecule has 6 heteroatoms. The minimum Gasteiger partial charge on any atom is -0.462 e. The minimum absolute atomic E-state index is 0.0592. The van der Waals surface area contributed by atoms with E-state index >= 15 is 0 Å². The van der Waals surface area contributed by atoms with Gasteiger partial charge in [-0.2, -0.15) is 0 Å². The quantitative estimate of drug-likeness (QED) is 0.251. The number of thiophene rings is 1. The number of rotatable bonds is 13. The van der Waals surface area contributed by atoms with Crippen molar-refractivity contribution in [2.75, 3.05) is 11.9 Å². The van der Waals surface area contributed by atoms with Crippen molar-refractivity contribution in [3.05, 3.63) is 40.2 Å². The van der Waals surface area contributed by atoms with Crippen molar-refractivity contribution < 1.29 is 14.3 Å². The Morgan fingerprint density at radius 2 is 1.60 bits per heavy atom. The molecular formula is C24H32ClNO3S. The van der Waals surface area contributed by atoms with Gasteiger partial charge < -0.3 is 10.1 Å². The first-order chi connectivity index (χ1) is 14.6. The molecule has 0 saturated carbocycles. The van der Waals surface area contributed by atoms with Crippen molar-refractivity contribution in [2.24, 2.45) is 0 Å². The van der Waals surface area contributed by atoms with Gasteiger partial charge in [-0.25, -0.2) is 4.79 Å². The number of amides is 1. The fourth-order valence-electron chi connectivity index (χ4n) is 3.31. The van der Waals surface area contributed by atoms with Gasteiger partial charge in [-0.1, -0.05) is 75.6 Å². The van der Waals surface area contributed by atoms with Crippen LogP contribution in [0.25, 0.3) is 11.1 Å². The summed E-state index contributed by atoms with van der Waals surface area (Å²) in [6, 6.07) is 7.28. The first-order valence-electron chi connectivity index (χ1n) is 10.9. The molecule has 0 spiro atoms. The van der Waals surface area contributed by atoms with Crippen molar-refractivity contribution in [2.45, 2.75) is 71.6 Å². The first kappa shape index (κ1) is 24.4. The normalized spacial score (nSPS) is 10.8. The number of ether oxygens (including phenoxy) is 1. The van der Waals surface area contributed by atoms with Crippen LogP contribution in [0.4, 0.5) is 5.00 Å². The van der Waals surface area contributed by atoms with Crippen molar-refractivity contribution >= 4 is 39.8 Å². The summed E-state index contributed by atoms with van der Waals surface area (Å²) in [7, 11) is 0. The van der Waals surface area contributed by atoms with Gasteiger partial charge in [0.05, 0.1) is 6.61 Å². The maximum absolute atomic E-state index is 12.6. The molecular weight excluding hydrogens is 418 g/mol. The summed E-state index contributed by atoms with van der Waals surface area (Å²) >= 11 is 7.33. The maximum atomic E-state index is 12.6. The third kappa shape index (κ3) is 7.77. The Kier molecular flexibility index (Phi) is 11.0. The summed E-state index contributed by atoms with van der Waals surface area (Å²) in [6.07, 6.45) is 9.96. The van der Waals surface area contributed by atoms with Gasteiger partial charge in [0.1, 0.15) is 10.6 Å². The van der Waals surface area contributed by atoms with Gasteiger partial charge >= 0.3 is 5.97 Å². The van der Waals surface area contributed by atoms with Gasteiger partial charge in [0, 0.05) is 22.4 Å². The zero-order valence-corrected chi connectivity index (χ0v) is 19.5. The van der Waals surface area contributed by atoms with Crippen LogP contribution >= 0.6 is 22.9 Å². The SMILES string of the molecule is CCCCCCCCCCC(=O)Nc1scc(-c2ccc(Cl)cc2)c1C(=O)OCC. The molecule has 1 amide bonds. The van der Waals surface area contributed by atoms with Crippen LogP contribution in [0.2, 0.25) is 5.02 Å². The van der Waals surface area contributed by atoms with Crippen molar-refractivity contribution in [1.82, 2.24) is 0 Å². The average Bonchev–Trinajstić information content (AvgIpc) is 3.14. The third-order valence-corrected chi connectivity index (χ3v) is 6.08. The van der Waals surface area contributed by atoms with Crippen LogP contribution in [-0.2, 0) is 9.53 Å². The molecule has 0 saturated heterocycles. The molecule has 30 heavy (non-hydrogen) atoms. The summed E-state index contributed by atoms with van der Waals surface area (Å²) in [5, 5.41) is 5.97. The minimum atomic E-state index is -0.425. The van der Waals surface area contributed by atoms with Crippen LogP contribution in [0.1, 0.15) is 82.0 Å². The molecule has 0 atom stereocenters. The van der Waals surface area contributed by atoms with Crippen molar-refractivity contribution in [1.29, 1.82) is 0 Å². The molecule has 1 aromatic heterocycles. The highest BCUT2D eigenvalue weighted by molar-refractivity contribution is 7.15. The maximum Gasteiger partial charge on any atom is 0.341 e. The summed E-state index contributed by atoms with van der Waals surface area (Å²) in [5.74, 6) is -0.484. The van der Waals surface area contributed by atoms with E-state index in [4.69, 9.17) is 16.3 Å². The fourth-order valence-corrected chi connectivity index (χ4v) is 4.41. The number of nitrogens with one attached hydrogen (secondary N) is 1. The Balaban J connectivity index is 1.95. The number of halogens is 1. The molecule has 0 unspecified atom stereocenters. The third-order valence-electron chi connectivity index (χ3n) is 4.94. The average molecular weight is 450 g/mol. The summed E-state index contributed by atoms with van der Waals surface area (Å²) in [6.45, 7) is 4.27. The summed E-state index contributed by atoms with van der Waals surface area (Å²) in [5.41, 5.74) is 2.02. The standard InChI is InChI=1S/C24H32ClNO3S/c1-3-5-6-7-8-9-10-11-12-21(27)26-23-22(24(28)29-4-2)20(17-30-23)18-13-15-19(25)16-14-18/h13-17H,3-12H2,1-2H3,(H,26,27). The highest BCUT2D eigenvalue weighted by Crippen LogP contribution is 2.36. The van der Waals surface area contributed by atoms with E-state index in [0.717, 1.165) is 24.0 Å². The number of esters is 1. The van der Waals surface area contributed by atoms with Gasteiger partial charge in [0.25, 0.3) is 0 Å². The highest BCUT2D eigenvalue weighted by atomic mass is 35.5. The highest BCUT2D eigenvalue weighted by Gasteiger charge is 2.22. The van der Waals surface area contributed by atoms with E-state index in [1.54, 1.807) is 19.1 Å². The molecule has 1 N–H and O–H groups in total. The van der Waals surface area contributed by atoms with E-state index in [0.29, 0.717) is 22.0 Å². The second-order valence-electron chi connectivity index (χ2n) is 7.35. The molecule has 4 nitrogen and oxygen atoms in total. The van der Waals surface area contributed by atoms with Gasteiger partial charge in [-0.15, -0.1) is 11.3 Å². The molecule has 2 aromatic rings. The Hall–Kier alpha value is -1.85. The molecule has 2 rings (SSSR count). The molecule has 0 aliphatic rings. The lowest BCUT2D eigenvalue weighted by atomic mass is 10.0.